The third kappa shape index (κ3) is 8.07. The Balaban J connectivity index is 1.25. The topological polar surface area (TPSA) is 79.7 Å². The lowest BCUT2D eigenvalue weighted by Gasteiger charge is -2.27. The molecular weight excluding hydrogens is 618 g/mol. The van der Waals surface area contributed by atoms with E-state index in [1.807, 2.05) is 54.6 Å². The molecule has 0 spiro atoms. The highest BCUT2D eigenvalue weighted by Crippen LogP contribution is 2.33. The monoisotopic (exact) mass is 657 g/mol. The van der Waals surface area contributed by atoms with Gasteiger partial charge in [0.25, 0.3) is 0 Å². The molecule has 3 aromatic carbocycles. The molecule has 0 radical (unpaired) electrons. The standard InChI is InChI=1S/C36H40ClN5O3S/c1-46(43,44)41-19-16-35-33(27-41)36(39-42(35)18-7-17-40-20-22-45-23-21-40)31-14-15-34(37)30(24-31)13-12-29-10-5-6-11-32(29)26-38-25-28-8-3-2-4-9-28/h2-6,8-11,14-15,24,38H,7,16-23,25-27H2,1H3. The van der Waals surface area contributed by atoms with Crippen molar-refractivity contribution in [3.63, 3.8) is 0 Å². The third-order valence-corrected chi connectivity index (χ3v) is 10.2. The first-order valence-electron chi connectivity index (χ1n) is 15.8. The molecule has 0 bridgehead atoms. The summed E-state index contributed by atoms with van der Waals surface area (Å²) in [5.41, 5.74) is 7.73. The molecule has 0 aliphatic carbocycles. The molecular formula is C36H40ClN5O3S. The number of ether oxygens (including phenoxy) is 1. The normalized spacial score (nSPS) is 15.7. The maximum atomic E-state index is 12.5. The van der Waals surface area contributed by atoms with Gasteiger partial charge in [-0.15, -0.1) is 0 Å². The Labute approximate surface area is 277 Å². The summed E-state index contributed by atoms with van der Waals surface area (Å²) in [6.07, 6.45) is 2.86. The average molecular weight is 658 g/mol. The second-order valence-electron chi connectivity index (χ2n) is 11.8. The molecule has 0 atom stereocenters. The Kier molecular flexibility index (Phi) is 10.5. The highest BCUT2D eigenvalue weighted by Gasteiger charge is 2.30. The molecule has 0 amide bonds. The fourth-order valence-electron chi connectivity index (χ4n) is 6.07. The molecule has 8 nitrogen and oxygen atoms in total. The van der Waals surface area contributed by atoms with Gasteiger partial charge in [0, 0.05) is 86.7 Å². The molecule has 1 fully saturated rings. The average Bonchev–Trinajstić information content (AvgIpc) is 3.43. The van der Waals surface area contributed by atoms with E-state index in [-0.39, 0.29) is 0 Å². The first-order valence-corrected chi connectivity index (χ1v) is 18.1. The molecule has 10 heteroatoms. The number of rotatable bonds is 10. The summed E-state index contributed by atoms with van der Waals surface area (Å²) in [4.78, 5) is 2.42. The lowest BCUT2D eigenvalue weighted by molar-refractivity contribution is 0.0368. The number of morpholine rings is 1. The summed E-state index contributed by atoms with van der Waals surface area (Å²) < 4.78 is 34.2. The first-order chi connectivity index (χ1) is 22.3. The van der Waals surface area contributed by atoms with Crippen molar-refractivity contribution < 1.29 is 13.2 Å². The number of sulfonamides is 1. The summed E-state index contributed by atoms with van der Waals surface area (Å²) in [5, 5.41) is 9.16. The van der Waals surface area contributed by atoms with Crippen LogP contribution in [0.25, 0.3) is 11.3 Å². The lowest BCUT2D eigenvalue weighted by Crippen LogP contribution is -2.37. The molecule has 4 aromatic rings. The number of nitrogens with one attached hydrogen (secondary N) is 1. The van der Waals surface area contributed by atoms with Gasteiger partial charge < -0.3 is 10.1 Å². The smallest absolute Gasteiger partial charge is 0.211 e. The number of hydrogen-bond acceptors (Lipinski definition) is 6. The number of halogens is 1. The number of aryl methyl sites for hydroxylation is 1. The minimum absolute atomic E-state index is 0.306. The van der Waals surface area contributed by atoms with Gasteiger partial charge >= 0.3 is 0 Å². The summed E-state index contributed by atoms with van der Waals surface area (Å²) in [5.74, 6) is 6.66. The van der Waals surface area contributed by atoms with Crippen LogP contribution in [0.2, 0.25) is 5.02 Å². The number of fused-ring (bicyclic) bond motifs is 1. The molecule has 6 rings (SSSR count). The van der Waals surface area contributed by atoms with E-state index in [4.69, 9.17) is 21.4 Å². The largest absolute Gasteiger partial charge is 0.379 e. The zero-order valence-corrected chi connectivity index (χ0v) is 27.8. The van der Waals surface area contributed by atoms with Crippen molar-refractivity contribution in [3.05, 3.63) is 111 Å². The minimum atomic E-state index is -3.34. The van der Waals surface area contributed by atoms with Crippen molar-refractivity contribution >= 4 is 21.6 Å². The van der Waals surface area contributed by atoms with Crippen LogP contribution in [0.4, 0.5) is 0 Å². The van der Waals surface area contributed by atoms with Crippen LogP contribution in [0.1, 0.15) is 39.9 Å². The van der Waals surface area contributed by atoms with Gasteiger partial charge in [-0.05, 0) is 35.7 Å². The molecule has 2 aliphatic rings. The van der Waals surface area contributed by atoms with Crippen molar-refractivity contribution in [1.82, 2.24) is 24.3 Å². The van der Waals surface area contributed by atoms with E-state index >= 15 is 0 Å². The van der Waals surface area contributed by atoms with Gasteiger partial charge in [-0.2, -0.15) is 9.40 Å². The van der Waals surface area contributed by atoms with Gasteiger partial charge in [-0.25, -0.2) is 8.42 Å². The van der Waals surface area contributed by atoms with Crippen LogP contribution in [0.15, 0.2) is 72.8 Å². The second-order valence-corrected chi connectivity index (χ2v) is 14.2. The Morgan fingerprint density at radius 2 is 1.67 bits per heavy atom. The quantitative estimate of drug-likeness (QED) is 0.244. The number of aromatic nitrogens is 2. The predicted molar refractivity (Wildman–Crippen MR) is 183 cm³/mol. The van der Waals surface area contributed by atoms with E-state index in [0.717, 1.165) is 86.0 Å². The summed E-state index contributed by atoms with van der Waals surface area (Å²) in [6, 6.07) is 24.3. The van der Waals surface area contributed by atoms with Crippen molar-refractivity contribution in [2.75, 3.05) is 45.6 Å². The molecule has 2 aliphatic heterocycles. The summed E-state index contributed by atoms with van der Waals surface area (Å²) in [7, 11) is -3.34. The maximum Gasteiger partial charge on any atom is 0.211 e. The van der Waals surface area contributed by atoms with Crippen LogP contribution in [0, 0.1) is 11.8 Å². The van der Waals surface area contributed by atoms with E-state index in [1.54, 1.807) is 0 Å². The van der Waals surface area contributed by atoms with Gasteiger partial charge in [0.2, 0.25) is 10.0 Å². The third-order valence-electron chi connectivity index (χ3n) is 8.59. The Morgan fingerprint density at radius 3 is 2.48 bits per heavy atom. The van der Waals surface area contributed by atoms with Crippen LogP contribution in [0.3, 0.4) is 0 Å². The van der Waals surface area contributed by atoms with Crippen LogP contribution in [0.5, 0.6) is 0 Å². The zero-order chi connectivity index (χ0) is 31.9. The SMILES string of the molecule is CS(=O)(=O)N1CCc2c(c(-c3ccc(Cl)c(C#Cc4ccccc4CNCc4ccccc4)c3)nn2CCCN2CCOCC2)C1. The van der Waals surface area contributed by atoms with Crippen LogP contribution < -0.4 is 5.32 Å². The van der Waals surface area contributed by atoms with Crippen LogP contribution >= 0.6 is 11.6 Å². The highest BCUT2D eigenvalue weighted by atomic mass is 35.5. The summed E-state index contributed by atoms with van der Waals surface area (Å²) >= 11 is 6.67. The Hall–Kier alpha value is -3.49. The van der Waals surface area contributed by atoms with Crippen molar-refractivity contribution in [2.24, 2.45) is 0 Å². The van der Waals surface area contributed by atoms with E-state index in [1.165, 1.54) is 16.1 Å². The van der Waals surface area contributed by atoms with Gasteiger partial charge in [0.1, 0.15) is 0 Å². The van der Waals surface area contributed by atoms with E-state index in [2.05, 4.69) is 44.9 Å². The number of hydrogen-bond donors (Lipinski definition) is 1. The molecule has 1 saturated heterocycles. The van der Waals surface area contributed by atoms with Crippen LogP contribution in [-0.2, 0) is 47.4 Å². The van der Waals surface area contributed by atoms with E-state index in [9.17, 15) is 8.42 Å². The van der Waals surface area contributed by atoms with E-state index in [0.29, 0.717) is 36.6 Å². The van der Waals surface area contributed by atoms with E-state index < -0.39 is 10.0 Å². The molecule has 0 unspecified atom stereocenters. The van der Waals surface area contributed by atoms with Gasteiger partial charge in [-0.1, -0.05) is 78.0 Å². The predicted octanol–water partition coefficient (Wildman–Crippen LogP) is 4.93. The Bertz CT molecular complexity index is 1830. The minimum Gasteiger partial charge on any atom is -0.379 e. The van der Waals surface area contributed by atoms with Crippen molar-refractivity contribution in [1.29, 1.82) is 0 Å². The van der Waals surface area contributed by atoms with Gasteiger partial charge in [0.05, 0.1) is 30.2 Å². The van der Waals surface area contributed by atoms with Gasteiger partial charge in [-0.3, -0.25) is 9.58 Å². The first kappa shape index (κ1) is 32.5. The van der Waals surface area contributed by atoms with Crippen molar-refractivity contribution in [3.8, 4) is 23.1 Å². The summed E-state index contributed by atoms with van der Waals surface area (Å²) in [6.45, 7) is 7.45. The van der Waals surface area contributed by atoms with Crippen molar-refractivity contribution in [2.45, 2.75) is 39.0 Å². The lowest BCUT2D eigenvalue weighted by atomic mass is 10.00. The fourth-order valence-corrected chi connectivity index (χ4v) is 7.02. The molecule has 46 heavy (non-hydrogen) atoms. The molecule has 3 heterocycles. The van der Waals surface area contributed by atoms with Gasteiger partial charge in [0.15, 0.2) is 0 Å². The molecule has 1 aromatic heterocycles. The molecule has 0 saturated carbocycles. The fraction of sp³-hybridized carbons (Fsp3) is 0.361. The highest BCUT2D eigenvalue weighted by molar-refractivity contribution is 7.88. The zero-order valence-electron chi connectivity index (χ0n) is 26.2. The second kappa shape index (κ2) is 14.9. The number of nitrogens with zero attached hydrogens (tertiary/aromatic N) is 4. The molecule has 240 valence electrons. The Morgan fingerprint density at radius 1 is 0.913 bits per heavy atom. The maximum absolute atomic E-state index is 12.5. The number of benzene rings is 3. The van der Waals surface area contributed by atoms with Crippen LogP contribution in [-0.4, -0.2) is 73.1 Å². The molecule has 1 N–H and O–H groups in total.